The van der Waals surface area contributed by atoms with Crippen molar-refractivity contribution in [2.45, 2.75) is 19.9 Å². The molecule has 0 bridgehead atoms. The number of rotatable bonds is 9. The second kappa shape index (κ2) is 9.66. The van der Waals surface area contributed by atoms with Crippen LogP contribution in [0.1, 0.15) is 18.9 Å². The van der Waals surface area contributed by atoms with Crippen LogP contribution in [0.2, 0.25) is 0 Å². The lowest BCUT2D eigenvalue weighted by molar-refractivity contribution is -0.909. The second-order valence-electron chi connectivity index (χ2n) is 5.63. The molecule has 0 amide bonds. The number of hydrogen-bond acceptors (Lipinski definition) is 3. The Kier molecular flexibility index (Phi) is 7.49. The summed E-state index contributed by atoms with van der Waals surface area (Å²) in [7, 11) is 1.69. The predicted octanol–water partition coefficient (Wildman–Crippen LogP) is -0.537. The first kappa shape index (κ1) is 17.1. The van der Waals surface area contributed by atoms with Gasteiger partial charge in [-0.05, 0) is 19.1 Å². The molecule has 0 saturated carbocycles. The van der Waals surface area contributed by atoms with Gasteiger partial charge in [0.2, 0.25) is 0 Å². The lowest BCUT2D eigenvalue weighted by Gasteiger charge is -2.23. The molecule has 1 fully saturated rings. The summed E-state index contributed by atoms with van der Waals surface area (Å²) in [4.78, 5) is 1.68. The number of ether oxygens (including phenoxy) is 3. The molecule has 3 N–H and O–H groups in total. The van der Waals surface area contributed by atoms with Crippen LogP contribution >= 0.6 is 0 Å². The Balaban J connectivity index is 1.74. The van der Waals surface area contributed by atoms with E-state index in [2.05, 4.69) is 11.4 Å². The van der Waals surface area contributed by atoms with Gasteiger partial charge in [-0.1, -0.05) is 6.07 Å². The number of quaternary nitrogens is 2. The van der Waals surface area contributed by atoms with E-state index < -0.39 is 0 Å². The van der Waals surface area contributed by atoms with Crippen LogP contribution in [0.3, 0.4) is 0 Å². The third kappa shape index (κ3) is 5.16. The SMILES string of the molecule is CCOc1c(C[NH2+]CCC[NH+]2CCOCC2)cccc1OC. The van der Waals surface area contributed by atoms with Crippen LogP contribution < -0.4 is 19.7 Å². The molecule has 0 atom stereocenters. The molecule has 5 heteroatoms. The zero-order valence-corrected chi connectivity index (χ0v) is 13.9. The summed E-state index contributed by atoms with van der Waals surface area (Å²) >= 11 is 0. The zero-order chi connectivity index (χ0) is 15.6. The standard InChI is InChI=1S/C17H28N2O3/c1-3-22-17-15(6-4-7-16(17)20-2)14-18-8-5-9-19-10-12-21-13-11-19/h4,6-7,18H,3,5,8-14H2,1-2H3/p+2. The minimum atomic E-state index is 0.660. The van der Waals surface area contributed by atoms with Crippen LogP contribution in [0.5, 0.6) is 11.5 Å². The summed E-state index contributed by atoms with van der Waals surface area (Å²) in [6.45, 7) is 10.1. The normalized spacial score (nSPS) is 15.7. The maximum atomic E-state index is 5.75. The number of morpholine rings is 1. The van der Waals surface area contributed by atoms with Gasteiger partial charge in [-0.2, -0.15) is 0 Å². The summed E-state index contributed by atoms with van der Waals surface area (Å²) in [5, 5.41) is 2.36. The molecule has 5 nitrogen and oxygen atoms in total. The highest BCUT2D eigenvalue weighted by molar-refractivity contribution is 5.46. The molecule has 2 rings (SSSR count). The van der Waals surface area contributed by atoms with Crippen LogP contribution in [-0.2, 0) is 11.3 Å². The van der Waals surface area contributed by atoms with Crippen LogP contribution in [-0.4, -0.2) is 53.1 Å². The molecule has 0 aromatic heterocycles. The zero-order valence-electron chi connectivity index (χ0n) is 13.9. The monoisotopic (exact) mass is 310 g/mol. The van der Waals surface area contributed by atoms with Gasteiger partial charge in [0.15, 0.2) is 11.5 Å². The molecule has 1 aromatic rings. The van der Waals surface area contributed by atoms with E-state index in [4.69, 9.17) is 14.2 Å². The van der Waals surface area contributed by atoms with Crippen molar-refractivity contribution < 1.29 is 24.4 Å². The Labute approximate surface area is 133 Å². The maximum absolute atomic E-state index is 5.75. The molecule has 1 saturated heterocycles. The average Bonchev–Trinajstić information content (AvgIpc) is 2.57. The quantitative estimate of drug-likeness (QED) is 0.603. The van der Waals surface area contributed by atoms with Crippen molar-refractivity contribution in [1.82, 2.24) is 0 Å². The van der Waals surface area contributed by atoms with Gasteiger partial charge >= 0.3 is 0 Å². The van der Waals surface area contributed by atoms with Gasteiger partial charge in [0.25, 0.3) is 0 Å². The first-order valence-corrected chi connectivity index (χ1v) is 8.36. The van der Waals surface area contributed by atoms with Crippen LogP contribution in [0.25, 0.3) is 0 Å². The average molecular weight is 310 g/mol. The van der Waals surface area contributed by atoms with Crippen LogP contribution in [0.4, 0.5) is 0 Å². The molecular weight excluding hydrogens is 280 g/mol. The van der Waals surface area contributed by atoms with E-state index in [-0.39, 0.29) is 0 Å². The van der Waals surface area contributed by atoms with E-state index in [1.807, 2.05) is 19.1 Å². The highest BCUT2D eigenvalue weighted by Gasteiger charge is 2.14. The summed E-state index contributed by atoms with van der Waals surface area (Å²) < 4.78 is 16.5. The van der Waals surface area contributed by atoms with E-state index in [1.165, 1.54) is 18.5 Å². The Morgan fingerprint density at radius 3 is 2.82 bits per heavy atom. The lowest BCUT2D eigenvalue weighted by Crippen LogP contribution is -3.14. The fourth-order valence-electron chi connectivity index (χ4n) is 2.85. The van der Waals surface area contributed by atoms with Gasteiger partial charge in [-0.15, -0.1) is 0 Å². The number of benzene rings is 1. The molecule has 0 spiro atoms. The molecular formula is C17H30N2O3+2. The van der Waals surface area contributed by atoms with E-state index in [0.29, 0.717) is 6.61 Å². The topological polar surface area (TPSA) is 48.7 Å². The second-order valence-corrected chi connectivity index (χ2v) is 5.63. The minimum absolute atomic E-state index is 0.660. The highest BCUT2D eigenvalue weighted by atomic mass is 16.5. The molecule has 0 aliphatic carbocycles. The molecule has 0 unspecified atom stereocenters. The number of methoxy groups -OCH3 is 1. The van der Waals surface area contributed by atoms with Gasteiger partial charge in [0.05, 0.1) is 45.6 Å². The molecule has 0 radical (unpaired) electrons. The van der Waals surface area contributed by atoms with E-state index in [1.54, 1.807) is 12.0 Å². The number of nitrogens with two attached hydrogens (primary N) is 1. The molecule has 1 aromatic carbocycles. The first-order chi connectivity index (χ1) is 10.8. The third-order valence-electron chi connectivity index (χ3n) is 4.07. The smallest absolute Gasteiger partial charge is 0.169 e. The molecule has 1 aliphatic heterocycles. The van der Waals surface area contributed by atoms with Gasteiger partial charge in [-0.25, -0.2) is 0 Å². The molecule has 1 aliphatic rings. The fourth-order valence-corrected chi connectivity index (χ4v) is 2.85. The van der Waals surface area contributed by atoms with Gasteiger partial charge in [0.1, 0.15) is 19.6 Å². The van der Waals surface area contributed by atoms with E-state index >= 15 is 0 Å². The van der Waals surface area contributed by atoms with Crippen molar-refractivity contribution in [2.24, 2.45) is 0 Å². The molecule has 124 valence electrons. The lowest BCUT2D eigenvalue weighted by atomic mass is 10.2. The highest BCUT2D eigenvalue weighted by Crippen LogP contribution is 2.30. The predicted molar refractivity (Wildman–Crippen MR) is 85.7 cm³/mol. The first-order valence-electron chi connectivity index (χ1n) is 8.36. The van der Waals surface area contributed by atoms with Crippen LogP contribution in [0.15, 0.2) is 18.2 Å². The third-order valence-corrected chi connectivity index (χ3v) is 4.07. The largest absolute Gasteiger partial charge is 0.493 e. The summed E-state index contributed by atoms with van der Waals surface area (Å²) in [5.41, 5.74) is 1.21. The van der Waals surface area contributed by atoms with E-state index in [9.17, 15) is 0 Å². The van der Waals surface area contributed by atoms with Crippen molar-refractivity contribution in [1.29, 1.82) is 0 Å². The van der Waals surface area contributed by atoms with E-state index in [0.717, 1.165) is 50.9 Å². The maximum Gasteiger partial charge on any atom is 0.169 e. The Hall–Kier alpha value is -1.30. The van der Waals surface area contributed by atoms with Crippen LogP contribution in [0, 0.1) is 0 Å². The molecule has 1 heterocycles. The van der Waals surface area contributed by atoms with Crippen molar-refractivity contribution in [3.63, 3.8) is 0 Å². The summed E-state index contributed by atoms with van der Waals surface area (Å²) in [5.74, 6) is 1.72. The number of nitrogens with one attached hydrogen (secondary N) is 1. The Morgan fingerprint density at radius 1 is 1.27 bits per heavy atom. The van der Waals surface area contributed by atoms with Crippen molar-refractivity contribution in [3.05, 3.63) is 23.8 Å². The van der Waals surface area contributed by atoms with Gasteiger partial charge in [-0.3, -0.25) is 0 Å². The summed E-state index contributed by atoms with van der Waals surface area (Å²) in [6, 6.07) is 6.11. The van der Waals surface area contributed by atoms with Crippen molar-refractivity contribution >= 4 is 0 Å². The summed E-state index contributed by atoms with van der Waals surface area (Å²) in [6.07, 6.45) is 1.24. The number of hydrogen-bond donors (Lipinski definition) is 2. The van der Waals surface area contributed by atoms with Gasteiger partial charge in [0, 0.05) is 6.42 Å². The van der Waals surface area contributed by atoms with Crippen molar-refractivity contribution in [3.8, 4) is 11.5 Å². The Morgan fingerprint density at radius 2 is 2.09 bits per heavy atom. The Bertz CT molecular complexity index is 434. The van der Waals surface area contributed by atoms with Gasteiger partial charge < -0.3 is 24.4 Å². The van der Waals surface area contributed by atoms with Crippen molar-refractivity contribution in [2.75, 3.05) is 53.1 Å². The fraction of sp³-hybridized carbons (Fsp3) is 0.647. The number of para-hydroxylation sites is 1. The minimum Gasteiger partial charge on any atom is -0.493 e. The molecule has 22 heavy (non-hydrogen) atoms.